The van der Waals surface area contributed by atoms with Crippen molar-refractivity contribution in [2.24, 2.45) is 5.73 Å². The molecule has 2 heterocycles. The van der Waals surface area contributed by atoms with Gasteiger partial charge in [-0.2, -0.15) is 0 Å². The number of methoxy groups -OCH3 is 2. The normalized spacial score (nSPS) is 15.7. The third kappa shape index (κ3) is 4.23. The number of amides is 2. The summed E-state index contributed by atoms with van der Waals surface area (Å²) in [7, 11) is 3.15. The van der Waals surface area contributed by atoms with Gasteiger partial charge in [0.05, 0.1) is 14.2 Å². The molecule has 1 unspecified atom stereocenters. The van der Waals surface area contributed by atoms with E-state index < -0.39 is 11.9 Å². The number of nitrogens with zero attached hydrogens (tertiary/aromatic N) is 2. The topological polar surface area (TPSA) is 86.8 Å². The first kappa shape index (κ1) is 20.8. The molecular weight excluding hydrogens is 370 g/mol. The Morgan fingerprint density at radius 2 is 1.66 bits per heavy atom. The molecule has 156 valence electrons. The fourth-order valence-corrected chi connectivity index (χ4v) is 4.01. The molecule has 1 aromatic heterocycles. The number of nitrogens with two attached hydrogens (primary N) is 1. The van der Waals surface area contributed by atoms with Crippen LogP contribution in [0.2, 0.25) is 0 Å². The van der Waals surface area contributed by atoms with Gasteiger partial charge in [-0.1, -0.05) is 0 Å². The lowest BCUT2D eigenvalue weighted by molar-refractivity contribution is -0.140. The van der Waals surface area contributed by atoms with Crippen molar-refractivity contribution in [3.05, 3.63) is 46.8 Å². The van der Waals surface area contributed by atoms with E-state index in [1.165, 1.54) is 11.4 Å². The number of ether oxygens (including phenoxy) is 2. The molecule has 1 aliphatic heterocycles. The predicted molar refractivity (Wildman–Crippen MR) is 110 cm³/mol. The van der Waals surface area contributed by atoms with Crippen LogP contribution in [0.5, 0.6) is 11.5 Å². The number of aryl methyl sites for hydroxylation is 2. The Morgan fingerprint density at radius 3 is 2.21 bits per heavy atom. The molecule has 0 bridgehead atoms. The minimum atomic E-state index is -0.650. The van der Waals surface area contributed by atoms with Crippen molar-refractivity contribution < 1.29 is 19.1 Å². The number of benzene rings is 1. The molecule has 0 radical (unpaired) electrons. The van der Waals surface area contributed by atoms with Crippen molar-refractivity contribution in [1.29, 1.82) is 0 Å². The zero-order valence-corrected chi connectivity index (χ0v) is 17.5. The van der Waals surface area contributed by atoms with Crippen molar-refractivity contribution in [2.45, 2.75) is 52.2 Å². The van der Waals surface area contributed by atoms with E-state index >= 15 is 0 Å². The molecule has 7 heteroatoms. The Hall–Kier alpha value is -2.96. The van der Waals surface area contributed by atoms with Crippen LogP contribution in [0.1, 0.15) is 35.4 Å². The number of fused-ring (bicyclic) bond motifs is 1. The SMILES string of the molecule is COc1cc2c(cc1OC)CN(C(=O)CCCn1c(C)ccc1C)C(C(N)=O)C2. The third-order valence-electron chi connectivity index (χ3n) is 5.67. The maximum absolute atomic E-state index is 13.0. The van der Waals surface area contributed by atoms with Crippen LogP contribution in [-0.2, 0) is 29.1 Å². The Labute approximate surface area is 171 Å². The number of carbonyl (C=O) groups excluding carboxylic acids is 2. The standard InChI is InChI=1S/C22H29N3O4/c1-14-7-8-15(2)24(14)9-5-6-21(26)25-13-17-12-20(29-4)19(28-3)11-16(17)10-18(25)22(23)27/h7-8,11-12,18H,5-6,9-10,13H2,1-4H3,(H2,23,27). The van der Waals surface area contributed by atoms with Crippen LogP contribution in [0.3, 0.4) is 0 Å². The quantitative estimate of drug-likeness (QED) is 0.774. The van der Waals surface area contributed by atoms with Gasteiger partial charge in [-0.05, 0) is 55.7 Å². The zero-order valence-electron chi connectivity index (χ0n) is 17.5. The molecule has 1 aromatic carbocycles. The van der Waals surface area contributed by atoms with Crippen LogP contribution >= 0.6 is 0 Å². The largest absolute Gasteiger partial charge is 0.493 e. The molecule has 3 rings (SSSR count). The molecule has 2 N–H and O–H groups in total. The van der Waals surface area contributed by atoms with Crippen LogP contribution in [0.4, 0.5) is 0 Å². The second-order valence-corrected chi connectivity index (χ2v) is 7.49. The van der Waals surface area contributed by atoms with E-state index in [9.17, 15) is 9.59 Å². The van der Waals surface area contributed by atoms with Gasteiger partial charge < -0.3 is 24.7 Å². The Kier molecular flexibility index (Phi) is 6.15. The summed E-state index contributed by atoms with van der Waals surface area (Å²) in [6, 6.07) is 7.23. The first-order valence-electron chi connectivity index (χ1n) is 9.81. The summed E-state index contributed by atoms with van der Waals surface area (Å²) in [5.74, 6) is 0.661. The van der Waals surface area contributed by atoms with Crippen LogP contribution in [0.25, 0.3) is 0 Å². The van der Waals surface area contributed by atoms with E-state index in [-0.39, 0.29) is 5.91 Å². The van der Waals surface area contributed by atoms with Gasteiger partial charge in [-0.3, -0.25) is 9.59 Å². The van der Waals surface area contributed by atoms with Crippen molar-refractivity contribution in [1.82, 2.24) is 9.47 Å². The fourth-order valence-electron chi connectivity index (χ4n) is 4.01. The number of hydrogen-bond acceptors (Lipinski definition) is 4. The van der Waals surface area contributed by atoms with Crippen LogP contribution in [0.15, 0.2) is 24.3 Å². The van der Waals surface area contributed by atoms with E-state index in [2.05, 4.69) is 30.5 Å². The molecule has 0 fully saturated rings. The fraction of sp³-hybridized carbons (Fsp3) is 0.455. The molecule has 29 heavy (non-hydrogen) atoms. The highest BCUT2D eigenvalue weighted by molar-refractivity contribution is 5.87. The molecule has 0 saturated carbocycles. The summed E-state index contributed by atoms with van der Waals surface area (Å²) in [4.78, 5) is 26.6. The maximum atomic E-state index is 13.0. The van der Waals surface area contributed by atoms with E-state index in [0.717, 1.165) is 17.7 Å². The van der Waals surface area contributed by atoms with E-state index in [0.29, 0.717) is 37.3 Å². The molecule has 7 nitrogen and oxygen atoms in total. The van der Waals surface area contributed by atoms with Gasteiger partial charge in [0, 0.05) is 37.3 Å². The van der Waals surface area contributed by atoms with Gasteiger partial charge in [-0.25, -0.2) is 0 Å². The number of rotatable bonds is 7. The molecule has 0 spiro atoms. The van der Waals surface area contributed by atoms with Gasteiger partial charge in [0.25, 0.3) is 0 Å². The summed E-state index contributed by atoms with van der Waals surface area (Å²) in [5.41, 5.74) is 9.89. The van der Waals surface area contributed by atoms with Crippen molar-refractivity contribution in [3.63, 3.8) is 0 Å². The number of hydrogen-bond donors (Lipinski definition) is 1. The van der Waals surface area contributed by atoms with Gasteiger partial charge in [0.15, 0.2) is 11.5 Å². The Morgan fingerprint density at radius 1 is 1.07 bits per heavy atom. The van der Waals surface area contributed by atoms with Crippen LogP contribution in [0, 0.1) is 13.8 Å². The molecule has 0 aliphatic carbocycles. The molecule has 1 aliphatic rings. The van der Waals surface area contributed by atoms with Gasteiger partial charge in [-0.15, -0.1) is 0 Å². The van der Waals surface area contributed by atoms with Crippen LogP contribution < -0.4 is 15.2 Å². The smallest absolute Gasteiger partial charge is 0.240 e. The first-order chi connectivity index (χ1) is 13.8. The summed E-state index contributed by atoms with van der Waals surface area (Å²) >= 11 is 0. The lowest BCUT2D eigenvalue weighted by Gasteiger charge is -2.35. The zero-order chi connectivity index (χ0) is 21.1. The summed E-state index contributed by atoms with van der Waals surface area (Å²) in [6.45, 7) is 5.22. The van der Waals surface area contributed by atoms with Crippen molar-refractivity contribution in [3.8, 4) is 11.5 Å². The summed E-state index contributed by atoms with van der Waals surface area (Å²) < 4.78 is 12.9. The Bertz CT molecular complexity index is 900. The average molecular weight is 399 g/mol. The lowest BCUT2D eigenvalue weighted by Crippen LogP contribution is -2.51. The highest BCUT2D eigenvalue weighted by atomic mass is 16.5. The lowest BCUT2D eigenvalue weighted by atomic mass is 9.92. The van der Waals surface area contributed by atoms with E-state index in [1.54, 1.807) is 19.1 Å². The molecule has 2 aromatic rings. The highest BCUT2D eigenvalue weighted by Crippen LogP contribution is 2.35. The minimum absolute atomic E-state index is 0.0586. The van der Waals surface area contributed by atoms with Gasteiger partial charge in [0.2, 0.25) is 11.8 Å². The van der Waals surface area contributed by atoms with E-state index in [4.69, 9.17) is 15.2 Å². The second kappa shape index (κ2) is 8.59. The minimum Gasteiger partial charge on any atom is -0.493 e. The van der Waals surface area contributed by atoms with Gasteiger partial charge in [0.1, 0.15) is 6.04 Å². The average Bonchev–Trinajstić information content (AvgIpc) is 3.03. The molecule has 0 saturated heterocycles. The van der Waals surface area contributed by atoms with E-state index in [1.807, 2.05) is 12.1 Å². The molecular formula is C22H29N3O4. The summed E-state index contributed by atoms with van der Waals surface area (Å²) in [5, 5.41) is 0. The molecule has 2 amide bonds. The maximum Gasteiger partial charge on any atom is 0.240 e. The summed E-state index contributed by atoms with van der Waals surface area (Å²) in [6.07, 6.45) is 1.45. The number of aromatic nitrogens is 1. The highest BCUT2D eigenvalue weighted by Gasteiger charge is 2.34. The predicted octanol–water partition coefficient (Wildman–Crippen LogP) is 2.34. The van der Waals surface area contributed by atoms with Crippen molar-refractivity contribution in [2.75, 3.05) is 14.2 Å². The first-order valence-corrected chi connectivity index (χ1v) is 9.81. The number of primary amides is 1. The Balaban J connectivity index is 1.75. The molecule has 1 atom stereocenters. The van der Waals surface area contributed by atoms with Crippen LogP contribution in [-0.4, -0.2) is 41.5 Å². The number of carbonyl (C=O) groups is 2. The van der Waals surface area contributed by atoms with Crippen molar-refractivity contribution >= 4 is 11.8 Å². The monoisotopic (exact) mass is 399 g/mol. The van der Waals surface area contributed by atoms with Gasteiger partial charge >= 0.3 is 0 Å². The third-order valence-corrected chi connectivity index (χ3v) is 5.67. The second-order valence-electron chi connectivity index (χ2n) is 7.49.